The number of carboxylic acid groups (broad SMARTS) is 1. The van der Waals surface area contributed by atoms with Gasteiger partial charge in [0.15, 0.2) is 0 Å². The standard InChI is InChI=1S/C14H15N3O4/c1-3-14(2,13(18)19)16-11-4-5-12(17(20)21)10-8-15-7-6-9(10)11/h4-8,16H,3H2,1-2H3,(H,18,19). The molecular weight excluding hydrogens is 274 g/mol. The highest BCUT2D eigenvalue weighted by atomic mass is 16.6. The first-order chi connectivity index (χ1) is 9.89. The van der Waals surface area contributed by atoms with E-state index in [0.29, 0.717) is 22.9 Å². The summed E-state index contributed by atoms with van der Waals surface area (Å²) in [6, 6.07) is 4.50. The van der Waals surface area contributed by atoms with Crippen molar-refractivity contribution in [2.75, 3.05) is 5.32 Å². The second-order valence-electron chi connectivity index (χ2n) is 4.93. The number of hydrogen-bond donors (Lipinski definition) is 2. The van der Waals surface area contributed by atoms with Crippen LogP contribution in [0.5, 0.6) is 0 Å². The molecule has 0 saturated carbocycles. The molecule has 0 amide bonds. The maximum Gasteiger partial charge on any atom is 0.329 e. The fraction of sp³-hybridized carbons (Fsp3) is 0.286. The number of aliphatic carboxylic acids is 1. The minimum atomic E-state index is -1.15. The second kappa shape index (κ2) is 5.35. The van der Waals surface area contributed by atoms with Crippen LogP contribution in [0.1, 0.15) is 20.3 Å². The molecule has 21 heavy (non-hydrogen) atoms. The molecule has 0 aliphatic carbocycles. The number of aromatic nitrogens is 1. The van der Waals surface area contributed by atoms with Crippen LogP contribution in [-0.2, 0) is 4.79 Å². The Bertz CT molecular complexity index is 716. The highest BCUT2D eigenvalue weighted by Crippen LogP contribution is 2.32. The minimum Gasteiger partial charge on any atom is -0.480 e. The molecule has 2 aromatic rings. The summed E-state index contributed by atoms with van der Waals surface area (Å²) in [5.41, 5.74) is -0.672. The third kappa shape index (κ3) is 2.62. The molecule has 1 heterocycles. The Morgan fingerprint density at radius 3 is 2.71 bits per heavy atom. The summed E-state index contributed by atoms with van der Waals surface area (Å²) in [7, 11) is 0. The molecule has 0 bridgehead atoms. The SMILES string of the molecule is CCC(C)(Nc1ccc([N+](=O)[O-])c2cnccc12)C(=O)O. The topological polar surface area (TPSA) is 105 Å². The van der Waals surface area contributed by atoms with Gasteiger partial charge in [0.05, 0.1) is 10.3 Å². The molecular formula is C14H15N3O4. The monoisotopic (exact) mass is 289 g/mol. The first-order valence-corrected chi connectivity index (χ1v) is 6.41. The van der Waals surface area contributed by atoms with Crippen LogP contribution in [0, 0.1) is 10.1 Å². The van der Waals surface area contributed by atoms with Crippen LogP contribution in [-0.4, -0.2) is 26.5 Å². The van der Waals surface area contributed by atoms with E-state index in [2.05, 4.69) is 10.3 Å². The molecule has 7 nitrogen and oxygen atoms in total. The molecule has 0 aliphatic rings. The number of carboxylic acids is 1. The molecule has 2 N–H and O–H groups in total. The van der Waals surface area contributed by atoms with Gasteiger partial charge in [0.25, 0.3) is 5.69 Å². The lowest BCUT2D eigenvalue weighted by Crippen LogP contribution is -2.42. The number of anilines is 1. The Morgan fingerprint density at radius 1 is 1.43 bits per heavy atom. The van der Waals surface area contributed by atoms with Gasteiger partial charge in [-0.1, -0.05) is 6.92 Å². The molecule has 0 aliphatic heterocycles. The maximum absolute atomic E-state index is 11.4. The summed E-state index contributed by atoms with van der Waals surface area (Å²) in [5.74, 6) is -0.981. The molecule has 110 valence electrons. The van der Waals surface area contributed by atoms with Crippen molar-refractivity contribution in [2.24, 2.45) is 0 Å². The van der Waals surface area contributed by atoms with Crippen molar-refractivity contribution in [1.82, 2.24) is 4.98 Å². The molecule has 7 heteroatoms. The van der Waals surface area contributed by atoms with Crippen molar-refractivity contribution < 1.29 is 14.8 Å². The Balaban J connectivity index is 2.59. The molecule has 1 atom stereocenters. The fourth-order valence-corrected chi connectivity index (χ4v) is 2.03. The number of non-ortho nitro benzene ring substituents is 1. The number of carbonyl (C=O) groups is 1. The van der Waals surface area contributed by atoms with Gasteiger partial charge >= 0.3 is 5.97 Å². The third-order valence-electron chi connectivity index (χ3n) is 3.58. The number of pyridine rings is 1. The van der Waals surface area contributed by atoms with E-state index in [1.54, 1.807) is 19.9 Å². The van der Waals surface area contributed by atoms with Gasteiger partial charge in [-0.05, 0) is 25.5 Å². The lowest BCUT2D eigenvalue weighted by atomic mass is 9.97. The van der Waals surface area contributed by atoms with Crippen LogP contribution >= 0.6 is 0 Å². The first kappa shape index (κ1) is 14.7. The number of nitro groups is 1. The van der Waals surface area contributed by atoms with Crippen molar-refractivity contribution in [3.63, 3.8) is 0 Å². The van der Waals surface area contributed by atoms with E-state index in [4.69, 9.17) is 0 Å². The smallest absolute Gasteiger partial charge is 0.329 e. The second-order valence-corrected chi connectivity index (χ2v) is 4.93. The molecule has 1 unspecified atom stereocenters. The van der Waals surface area contributed by atoms with Crippen molar-refractivity contribution in [3.05, 3.63) is 40.7 Å². The molecule has 0 saturated heterocycles. The van der Waals surface area contributed by atoms with E-state index in [0.717, 1.165) is 0 Å². The van der Waals surface area contributed by atoms with Crippen LogP contribution in [0.2, 0.25) is 0 Å². The van der Waals surface area contributed by atoms with Gasteiger partial charge in [-0.25, -0.2) is 4.79 Å². The first-order valence-electron chi connectivity index (χ1n) is 6.41. The Hall–Kier alpha value is -2.70. The largest absolute Gasteiger partial charge is 0.480 e. The summed E-state index contributed by atoms with van der Waals surface area (Å²) in [6.07, 6.45) is 3.29. The van der Waals surface area contributed by atoms with Gasteiger partial charge in [0, 0.05) is 29.5 Å². The number of fused-ring (bicyclic) bond motifs is 1. The lowest BCUT2D eigenvalue weighted by Gasteiger charge is -2.26. The molecule has 2 rings (SSSR count). The van der Waals surface area contributed by atoms with Crippen LogP contribution in [0.25, 0.3) is 10.8 Å². The van der Waals surface area contributed by atoms with E-state index < -0.39 is 16.4 Å². The summed E-state index contributed by atoms with van der Waals surface area (Å²) >= 11 is 0. The summed E-state index contributed by atoms with van der Waals surface area (Å²) < 4.78 is 0. The summed E-state index contributed by atoms with van der Waals surface area (Å²) in [4.78, 5) is 25.8. The molecule has 0 fully saturated rings. The average molecular weight is 289 g/mol. The molecule has 1 aromatic carbocycles. The van der Waals surface area contributed by atoms with Gasteiger partial charge in [0.2, 0.25) is 0 Å². The number of rotatable bonds is 5. The van der Waals surface area contributed by atoms with Crippen molar-refractivity contribution in [2.45, 2.75) is 25.8 Å². The van der Waals surface area contributed by atoms with Gasteiger partial charge < -0.3 is 10.4 Å². The normalized spacial score (nSPS) is 13.6. The Kier molecular flexibility index (Phi) is 3.75. The van der Waals surface area contributed by atoms with Crippen molar-refractivity contribution >= 4 is 28.1 Å². The molecule has 0 spiro atoms. The zero-order chi connectivity index (χ0) is 15.6. The Morgan fingerprint density at radius 2 is 2.14 bits per heavy atom. The van der Waals surface area contributed by atoms with Crippen LogP contribution in [0.3, 0.4) is 0 Å². The lowest BCUT2D eigenvalue weighted by molar-refractivity contribution is -0.383. The number of nitro benzene ring substituents is 1. The fourth-order valence-electron chi connectivity index (χ4n) is 2.03. The summed E-state index contributed by atoms with van der Waals surface area (Å²) in [5, 5.41) is 24.3. The van der Waals surface area contributed by atoms with E-state index in [1.807, 2.05) is 0 Å². The van der Waals surface area contributed by atoms with Gasteiger partial charge in [-0.3, -0.25) is 15.1 Å². The highest BCUT2D eigenvalue weighted by molar-refractivity contribution is 6.00. The third-order valence-corrected chi connectivity index (χ3v) is 3.58. The zero-order valence-electron chi connectivity index (χ0n) is 11.7. The van der Waals surface area contributed by atoms with Crippen molar-refractivity contribution in [3.8, 4) is 0 Å². The van der Waals surface area contributed by atoms with Crippen LogP contribution < -0.4 is 5.32 Å². The van der Waals surface area contributed by atoms with Crippen molar-refractivity contribution in [1.29, 1.82) is 0 Å². The van der Waals surface area contributed by atoms with Crippen LogP contribution in [0.4, 0.5) is 11.4 Å². The zero-order valence-corrected chi connectivity index (χ0v) is 11.7. The number of nitrogens with one attached hydrogen (secondary N) is 1. The predicted molar refractivity (Wildman–Crippen MR) is 78.4 cm³/mol. The molecule has 0 radical (unpaired) electrons. The van der Waals surface area contributed by atoms with Gasteiger partial charge in [0.1, 0.15) is 5.54 Å². The van der Waals surface area contributed by atoms with Gasteiger partial charge in [-0.2, -0.15) is 0 Å². The van der Waals surface area contributed by atoms with E-state index in [9.17, 15) is 20.0 Å². The Labute approximate surface area is 120 Å². The number of nitrogens with zero attached hydrogens (tertiary/aromatic N) is 2. The van der Waals surface area contributed by atoms with Crippen LogP contribution in [0.15, 0.2) is 30.6 Å². The maximum atomic E-state index is 11.4. The average Bonchev–Trinajstić information content (AvgIpc) is 2.46. The van der Waals surface area contributed by atoms with E-state index in [1.165, 1.54) is 24.5 Å². The number of hydrogen-bond acceptors (Lipinski definition) is 5. The molecule has 1 aromatic heterocycles. The van der Waals surface area contributed by atoms with E-state index in [-0.39, 0.29) is 5.69 Å². The minimum absolute atomic E-state index is 0.0582. The quantitative estimate of drug-likeness (QED) is 0.647. The summed E-state index contributed by atoms with van der Waals surface area (Å²) in [6.45, 7) is 3.33. The van der Waals surface area contributed by atoms with E-state index >= 15 is 0 Å². The highest BCUT2D eigenvalue weighted by Gasteiger charge is 2.31. The van der Waals surface area contributed by atoms with Gasteiger partial charge in [-0.15, -0.1) is 0 Å². The predicted octanol–water partition coefficient (Wildman–Crippen LogP) is 2.81. The number of benzene rings is 1.